The molecule has 2 N–H and O–H groups in total. The summed E-state index contributed by atoms with van der Waals surface area (Å²) in [5, 5.41) is 8.55. The van der Waals surface area contributed by atoms with Crippen molar-refractivity contribution in [2.45, 2.75) is 25.8 Å². The first kappa shape index (κ1) is 7.69. The van der Waals surface area contributed by atoms with E-state index in [2.05, 4.69) is 0 Å². The molecule has 1 rings (SSSR count). The Morgan fingerprint density at radius 3 is 2.60 bits per heavy atom. The maximum Gasteiger partial charge on any atom is 0.374 e. The highest BCUT2D eigenvalue weighted by molar-refractivity contribution is 5.87. The van der Waals surface area contributed by atoms with Gasteiger partial charge in [0.2, 0.25) is 5.54 Å². The van der Waals surface area contributed by atoms with Gasteiger partial charge in [0.05, 0.1) is 6.61 Å². The lowest BCUT2D eigenvalue weighted by molar-refractivity contribution is -0.756. The number of quaternary nitrogens is 1. The summed E-state index contributed by atoms with van der Waals surface area (Å²) in [7, 11) is 0. The third-order valence-corrected chi connectivity index (χ3v) is 2.45. The Hall–Kier alpha value is -0.410. The summed E-state index contributed by atoms with van der Waals surface area (Å²) in [5.41, 5.74) is -0.164. The molecule has 10 heavy (non-hydrogen) atoms. The van der Waals surface area contributed by atoms with Gasteiger partial charge in [0, 0.05) is 13.3 Å². The number of amides is 1. The first-order valence-corrected chi connectivity index (χ1v) is 3.68. The molecule has 1 heterocycles. The number of hydrogen-bond donors (Lipinski definition) is 2. The van der Waals surface area contributed by atoms with Crippen LogP contribution in [0.25, 0.3) is 0 Å². The average Bonchev–Trinajstić information content (AvgIpc) is 2.43. The van der Waals surface area contributed by atoms with Crippen LogP contribution in [-0.2, 0) is 4.79 Å². The van der Waals surface area contributed by atoms with Gasteiger partial charge in [0.1, 0.15) is 6.54 Å². The molecule has 1 fully saturated rings. The molecule has 0 bridgehead atoms. The molecule has 0 spiro atoms. The molecule has 2 unspecified atom stereocenters. The van der Waals surface area contributed by atoms with E-state index in [1.807, 2.05) is 13.8 Å². The Morgan fingerprint density at radius 2 is 2.30 bits per heavy atom. The van der Waals surface area contributed by atoms with Crippen LogP contribution < -0.4 is 4.90 Å². The van der Waals surface area contributed by atoms with Crippen molar-refractivity contribution in [3.63, 3.8) is 0 Å². The van der Waals surface area contributed by atoms with Gasteiger partial charge in [-0.05, 0) is 0 Å². The minimum absolute atomic E-state index is 0.108. The quantitative estimate of drug-likeness (QED) is 0.477. The summed E-state index contributed by atoms with van der Waals surface area (Å²) in [6.45, 7) is 4.63. The van der Waals surface area contributed by atoms with Crippen molar-refractivity contribution in [3.8, 4) is 0 Å². The van der Waals surface area contributed by atoms with Crippen molar-refractivity contribution in [1.82, 2.24) is 0 Å². The Balaban J connectivity index is 2.47. The summed E-state index contributed by atoms with van der Waals surface area (Å²) in [4.78, 5) is 11.9. The van der Waals surface area contributed by atoms with Crippen LogP contribution in [0.5, 0.6) is 0 Å². The van der Waals surface area contributed by atoms with Crippen molar-refractivity contribution in [2.75, 3.05) is 13.2 Å². The number of carbonyl (C=O) groups is 1. The fraction of sp³-hybridized carbons (Fsp3) is 0.857. The Kier molecular flexibility index (Phi) is 1.79. The standard InChI is InChI=1S/C7H13NO2/c1-3-7(2)6(10)8(7)4-5-9/h9H,3-5H2,1-2H3/p+1. The number of carbonyl (C=O) groups excluding carboxylic acids is 1. The maximum absolute atomic E-state index is 11.0. The lowest BCUT2D eigenvalue weighted by atomic mass is 10.1. The molecule has 0 aliphatic carbocycles. The third kappa shape index (κ3) is 0.859. The molecule has 3 nitrogen and oxygen atoms in total. The first-order valence-electron chi connectivity index (χ1n) is 3.68. The zero-order chi connectivity index (χ0) is 7.78. The molecule has 3 heteroatoms. The Morgan fingerprint density at radius 1 is 1.70 bits per heavy atom. The molecule has 0 aromatic heterocycles. The topological polar surface area (TPSA) is 41.7 Å². The fourth-order valence-electron chi connectivity index (χ4n) is 1.33. The molecule has 0 aromatic rings. The number of aliphatic hydroxyl groups excluding tert-OH is 1. The smallest absolute Gasteiger partial charge is 0.374 e. The minimum Gasteiger partial charge on any atom is -0.390 e. The van der Waals surface area contributed by atoms with Crippen LogP contribution in [0.15, 0.2) is 0 Å². The van der Waals surface area contributed by atoms with Crippen LogP contribution in [0.4, 0.5) is 0 Å². The van der Waals surface area contributed by atoms with E-state index in [9.17, 15) is 4.79 Å². The van der Waals surface area contributed by atoms with Crippen molar-refractivity contribution in [1.29, 1.82) is 0 Å². The SMILES string of the molecule is CCC1(C)C(=O)[NH+]1CCO. The van der Waals surface area contributed by atoms with Gasteiger partial charge < -0.3 is 5.11 Å². The highest BCUT2D eigenvalue weighted by Gasteiger charge is 2.65. The zero-order valence-electron chi connectivity index (χ0n) is 6.48. The van der Waals surface area contributed by atoms with Gasteiger partial charge in [-0.2, -0.15) is 0 Å². The number of aliphatic hydroxyl groups is 1. The molecular weight excluding hydrogens is 130 g/mol. The summed E-state index contributed by atoms with van der Waals surface area (Å²) < 4.78 is 0. The van der Waals surface area contributed by atoms with Gasteiger partial charge in [-0.3, -0.25) is 0 Å². The Labute approximate surface area is 60.6 Å². The normalized spacial score (nSPS) is 38.3. The van der Waals surface area contributed by atoms with Crippen LogP contribution in [-0.4, -0.2) is 29.7 Å². The van der Waals surface area contributed by atoms with Gasteiger partial charge in [0.25, 0.3) is 0 Å². The van der Waals surface area contributed by atoms with E-state index in [0.29, 0.717) is 6.54 Å². The molecule has 0 aromatic carbocycles. The number of nitrogens with one attached hydrogen (secondary N) is 1. The predicted molar refractivity (Wildman–Crippen MR) is 36.6 cm³/mol. The van der Waals surface area contributed by atoms with Crippen LogP contribution in [0.1, 0.15) is 20.3 Å². The van der Waals surface area contributed by atoms with Crippen molar-refractivity contribution >= 4 is 5.91 Å². The van der Waals surface area contributed by atoms with Crippen LogP contribution >= 0.6 is 0 Å². The van der Waals surface area contributed by atoms with E-state index in [1.54, 1.807) is 0 Å². The Bertz CT molecular complexity index is 158. The monoisotopic (exact) mass is 144 g/mol. The maximum atomic E-state index is 11.0. The molecule has 1 aliphatic heterocycles. The second kappa shape index (κ2) is 2.32. The van der Waals surface area contributed by atoms with E-state index < -0.39 is 0 Å². The average molecular weight is 144 g/mol. The summed E-state index contributed by atoms with van der Waals surface area (Å²) >= 11 is 0. The molecule has 0 radical (unpaired) electrons. The van der Waals surface area contributed by atoms with E-state index in [0.717, 1.165) is 11.3 Å². The van der Waals surface area contributed by atoms with Crippen molar-refractivity contribution in [2.24, 2.45) is 0 Å². The fourth-order valence-corrected chi connectivity index (χ4v) is 1.33. The highest BCUT2D eigenvalue weighted by atomic mass is 16.3. The van der Waals surface area contributed by atoms with Crippen LogP contribution in [0.2, 0.25) is 0 Å². The lowest BCUT2D eigenvalue weighted by Gasteiger charge is -1.97. The zero-order valence-corrected chi connectivity index (χ0v) is 6.48. The third-order valence-electron chi connectivity index (χ3n) is 2.45. The number of rotatable bonds is 3. The second-order valence-corrected chi connectivity index (χ2v) is 2.97. The lowest BCUT2D eigenvalue weighted by Crippen LogP contribution is -2.98. The summed E-state index contributed by atoms with van der Waals surface area (Å²) in [6, 6.07) is 0. The molecule has 0 saturated carbocycles. The molecule has 1 aliphatic rings. The number of hydrogen-bond acceptors (Lipinski definition) is 2. The molecular formula is C7H14NO2+. The largest absolute Gasteiger partial charge is 0.390 e. The summed E-state index contributed by atoms with van der Waals surface area (Å²) in [6.07, 6.45) is 0.876. The molecule has 1 amide bonds. The van der Waals surface area contributed by atoms with Crippen LogP contribution in [0, 0.1) is 0 Å². The molecule has 2 atom stereocenters. The molecule has 58 valence electrons. The minimum atomic E-state index is -0.164. The van der Waals surface area contributed by atoms with Crippen molar-refractivity contribution < 1.29 is 14.8 Å². The predicted octanol–water partition coefficient (Wildman–Crippen LogP) is -1.43. The van der Waals surface area contributed by atoms with Gasteiger partial charge in [-0.1, -0.05) is 6.92 Å². The van der Waals surface area contributed by atoms with E-state index in [1.165, 1.54) is 0 Å². The van der Waals surface area contributed by atoms with Gasteiger partial charge in [-0.15, -0.1) is 0 Å². The van der Waals surface area contributed by atoms with Crippen LogP contribution in [0.3, 0.4) is 0 Å². The van der Waals surface area contributed by atoms with E-state index >= 15 is 0 Å². The van der Waals surface area contributed by atoms with Gasteiger partial charge in [0.15, 0.2) is 0 Å². The highest BCUT2D eigenvalue weighted by Crippen LogP contribution is 2.13. The van der Waals surface area contributed by atoms with E-state index in [-0.39, 0.29) is 18.1 Å². The molecule has 1 saturated heterocycles. The van der Waals surface area contributed by atoms with Crippen molar-refractivity contribution in [3.05, 3.63) is 0 Å². The second-order valence-electron chi connectivity index (χ2n) is 2.97. The summed E-state index contributed by atoms with van der Waals surface area (Å²) in [5.74, 6) is 0.254. The van der Waals surface area contributed by atoms with E-state index in [4.69, 9.17) is 5.11 Å². The van der Waals surface area contributed by atoms with Gasteiger partial charge >= 0.3 is 5.91 Å². The van der Waals surface area contributed by atoms with Gasteiger partial charge in [-0.25, -0.2) is 9.69 Å². The first-order chi connectivity index (χ1) is 4.66.